The first-order valence-corrected chi connectivity index (χ1v) is 7.92. The second-order valence-corrected chi connectivity index (χ2v) is 5.78. The highest BCUT2D eigenvalue weighted by molar-refractivity contribution is 9.09. The first-order chi connectivity index (χ1) is 8.34. The highest BCUT2D eigenvalue weighted by Crippen LogP contribution is 2.37. The van der Waals surface area contributed by atoms with E-state index in [0.717, 1.165) is 5.56 Å². The summed E-state index contributed by atoms with van der Waals surface area (Å²) >= 11 is 6.07. The van der Waals surface area contributed by atoms with Gasteiger partial charge in [-0.25, -0.2) is 0 Å². The number of carbonyl (C=O) groups excluding carboxylic acids is 1. The maximum atomic E-state index is 12.3. The normalized spacial score (nSPS) is 11.6. The molecule has 0 N–H and O–H groups in total. The zero-order chi connectivity index (χ0) is 13.8. The Morgan fingerprint density at radius 1 is 1.17 bits per heavy atom. The largest absolute Gasteiger partial charge is 0.446 e. The number of ketones is 1. The Balaban J connectivity index is 2.98. The molecule has 0 saturated carbocycles. The molecular weight excluding hydrogens is 397 g/mol. The third kappa shape index (κ3) is 5.75. The Bertz CT molecular complexity index is 435. The topological polar surface area (TPSA) is 17.1 Å². The van der Waals surface area contributed by atoms with Gasteiger partial charge in [0.25, 0.3) is 0 Å². The second-order valence-electron chi connectivity index (χ2n) is 3.52. The van der Waals surface area contributed by atoms with Crippen LogP contribution in [0.5, 0.6) is 0 Å². The lowest BCUT2D eigenvalue weighted by Crippen LogP contribution is -2.05. The van der Waals surface area contributed by atoms with Crippen LogP contribution in [-0.4, -0.2) is 16.6 Å². The third-order valence-electron chi connectivity index (χ3n) is 1.96. The third-order valence-corrected chi connectivity index (χ3v) is 3.94. The van der Waals surface area contributed by atoms with Crippen LogP contribution in [0.25, 0.3) is 0 Å². The number of rotatable bonds is 5. The van der Waals surface area contributed by atoms with Crippen molar-refractivity contribution >= 4 is 49.4 Å². The number of hydrogen-bond donors (Lipinski definition) is 0. The molecule has 1 aromatic carbocycles. The smallest absolute Gasteiger partial charge is 0.298 e. The number of thioether (sulfide) groups is 1. The van der Waals surface area contributed by atoms with Crippen LogP contribution in [0.4, 0.5) is 13.2 Å². The van der Waals surface area contributed by atoms with Crippen LogP contribution >= 0.6 is 43.6 Å². The SMILES string of the molecule is O=C(CBr)Cc1cc(CBr)cc(SC(F)(F)F)c1. The quantitative estimate of drug-likeness (QED) is 0.521. The average molecular weight is 406 g/mol. The van der Waals surface area contributed by atoms with Crippen LogP contribution in [-0.2, 0) is 16.5 Å². The van der Waals surface area contributed by atoms with Crippen molar-refractivity contribution in [3.05, 3.63) is 29.3 Å². The van der Waals surface area contributed by atoms with Crippen molar-refractivity contribution in [3.8, 4) is 0 Å². The van der Waals surface area contributed by atoms with E-state index in [9.17, 15) is 18.0 Å². The van der Waals surface area contributed by atoms with Crippen molar-refractivity contribution in [2.75, 3.05) is 5.33 Å². The standard InChI is InChI=1S/C11H9Br2F3OS/c12-5-8-1-7(2-9(17)6-13)3-10(4-8)18-11(14,15)16/h1,3-4H,2,5-6H2. The van der Waals surface area contributed by atoms with Gasteiger partial charge in [0.2, 0.25) is 0 Å². The molecule has 1 nitrogen and oxygen atoms in total. The number of benzene rings is 1. The van der Waals surface area contributed by atoms with E-state index in [1.807, 2.05) is 0 Å². The fourth-order valence-corrected chi connectivity index (χ4v) is 2.59. The zero-order valence-electron chi connectivity index (χ0n) is 9.06. The van der Waals surface area contributed by atoms with Gasteiger partial charge in [0.15, 0.2) is 0 Å². The van der Waals surface area contributed by atoms with Crippen LogP contribution in [0.1, 0.15) is 11.1 Å². The van der Waals surface area contributed by atoms with Crippen LogP contribution in [0.15, 0.2) is 23.1 Å². The monoisotopic (exact) mass is 404 g/mol. The van der Waals surface area contributed by atoms with E-state index in [-0.39, 0.29) is 34.2 Å². The summed E-state index contributed by atoms with van der Waals surface area (Å²) in [6.45, 7) is 0. The summed E-state index contributed by atoms with van der Waals surface area (Å²) in [5, 5.41) is 0.655. The van der Waals surface area contributed by atoms with Gasteiger partial charge in [0.05, 0.1) is 5.33 Å². The zero-order valence-corrected chi connectivity index (χ0v) is 13.0. The van der Waals surface area contributed by atoms with E-state index in [1.54, 1.807) is 6.07 Å². The summed E-state index contributed by atoms with van der Waals surface area (Å²) in [6, 6.07) is 4.61. The highest BCUT2D eigenvalue weighted by Gasteiger charge is 2.29. The van der Waals surface area contributed by atoms with E-state index in [4.69, 9.17) is 0 Å². The molecule has 0 aliphatic carbocycles. The molecule has 0 atom stereocenters. The number of Topliss-reactive ketones (excluding diaryl/α,β-unsaturated/α-hetero) is 1. The summed E-state index contributed by atoms with van der Waals surface area (Å²) in [6.07, 6.45) is 0.136. The minimum absolute atomic E-state index is 0.0651. The predicted octanol–water partition coefficient (Wildman–Crippen LogP) is 4.70. The lowest BCUT2D eigenvalue weighted by molar-refractivity contribution is -0.115. The van der Waals surface area contributed by atoms with E-state index >= 15 is 0 Å². The molecule has 0 amide bonds. The van der Waals surface area contributed by atoms with Gasteiger partial charge >= 0.3 is 5.51 Å². The van der Waals surface area contributed by atoms with E-state index in [1.165, 1.54) is 12.1 Å². The van der Waals surface area contributed by atoms with E-state index < -0.39 is 5.51 Å². The van der Waals surface area contributed by atoms with Crippen molar-refractivity contribution in [2.45, 2.75) is 22.2 Å². The summed E-state index contributed by atoms with van der Waals surface area (Å²) < 4.78 is 36.9. The van der Waals surface area contributed by atoms with Crippen molar-refractivity contribution < 1.29 is 18.0 Å². The Morgan fingerprint density at radius 3 is 2.28 bits per heavy atom. The number of carbonyl (C=O) groups is 1. The molecule has 0 saturated heterocycles. The number of hydrogen-bond acceptors (Lipinski definition) is 2. The Hall–Kier alpha value is -0.0100. The van der Waals surface area contributed by atoms with Gasteiger partial charge in [-0.3, -0.25) is 4.79 Å². The molecule has 0 aliphatic rings. The van der Waals surface area contributed by atoms with Gasteiger partial charge in [-0.05, 0) is 35.0 Å². The average Bonchev–Trinajstić information content (AvgIpc) is 2.26. The van der Waals surface area contributed by atoms with Crippen molar-refractivity contribution in [1.29, 1.82) is 0 Å². The fourth-order valence-electron chi connectivity index (χ4n) is 1.38. The summed E-state index contributed by atoms with van der Waals surface area (Å²) in [5.41, 5.74) is -2.99. The van der Waals surface area contributed by atoms with Gasteiger partial charge in [0, 0.05) is 16.6 Å². The summed E-state index contributed by atoms with van der Waals surface area (Å²) in [7, 11) is 0. The van der Waals surface area contributed by atoms with Crippen LogP contribution in [0.2, 0.25) is 0 Å². The number of alkyl halides is 5. The van der Waals surface area contributed by atoms with Gasteiger partial charge < -0.3 is 0 Å². The van der Waals surface area contributed by atoms with Crippen molar-refractivity contribution in [3.63, 3.8) is 0 Å². The molecule has 7 heteroatoms. The van der Waals surface area contributed by atoms with Crippen LogP contribution in [0.3, 0.4) is 0 Å². The molecule has 1 rings (SSSR count). The lowest BCUT2D eigenvalue weighted by atomic mass is 10.1. The molecule has 0 aliphatic heterocycles. The fraction of sp³-hybridized carbons (Fsp3) is 0.364. The molecule has 0 bridgehead atoms. The highest BCUT2D eigenvalue weighted by atomic mass is 79.9. The van der Waals surface area contributed by atoms with Gasteiger partial charge in [-0.1, -0.05) is 37.9 Å². The van der Waals surface area contributed by atoms with E-state index in [2.05, 4.69) is 31.9 Å². The van der Waals surface area contributed by atoms with Gasteiger partial charge in [-0.2, -0.15) is 13.2 Å². The van der Waals surface area contributed by atoms with Gasteiger partial charge in [-0.15, -0.1) is 0 Å². The molecule has 0 spiro atoms. The second kappa shape index (κ2) is 6.96. The lowest BCUT2D eigenvalue weighted by Gasteiger charge is -2.09. The van der Waals surface area contributed by atoms with Crippen LogP contribution in [0, 0.1) is 0 Å². The van der Waals surface area contributed by atoms with Crippen molar-refractivity contribution in [2.24, 2.45) is 0 Å². The maximum Gasteiger partial charge on any atom is 0.446 e. The molecule has 1 aromatic rings. The first kappa shape index (κ1) is 16.0. The molecule has 100 valence electrons. The minimum atomic E-state index is -4.32. The van der Waals surface area contributed by atoms with Crippen molar-refractivity contribution in [1.82, 2.24) is 0 Å². The number of halogens is 5. The Labute approximate surface area is 124 Å². The predicted molar refractivity (Wildman–Crippen MR) is 73.5 cm³/mol. The Morgan fingerprint density at radius 2 is 1.78 bits per heavy atom. The minimum Gasteiger partial charge on any atom is -0.298 e. The van der Waals surface area contributed by atoms with Gasteiger partial charge in [0.1, 0.15) is 5.78 Å². The van der Waals surface area contributed by atoms with Crippen LogP contribution < -0.4 is 0 Å². The summed E-state index contributed by atoms with van der Waals surface area (Å²) in [5.74, 6) is -0.0651. The molecule has 0 aromatic heterocycles. The Kier molecular flexibility index (Phi) is 6.20. The molecule has 0 fully saturated rings. The molecule has 0 heterocycles. The maximum absolute atomic E-state index is 12.3. The molecule has 18 heavy (non-hydrogen) atoms. The molecule has 0 radical (unpaired) electrons. The first-order valence-electron chi connectivity index (χ1n) is 4.86. The van der Waals surface area contributed by atoms with E-state index in [0.29, 0.717) is 10.9 Å². The molecular formula is C11H9Br2F3OS. The molecule has 0 unspecified atom stereocenters. The summed E-state index contributed by atoms with van der Waals surface area (Å²) in [4.78, 5) is 11.4.